The molecule has 0 spiro atoms. The minimum absolute atomic E-state index is 0.0283. The number of nitrogens with one attached hydrogen (secondary N) is 1. The Morgan fingerprint density at radius 3 is 3.05 bits per heavy atom. The van der Waals surface area contributed by atoms with Gasteiger partial charge in [-0.05, 0) is 6.42 Å². The fourth-order valence-corrected chi connectivity index (χ4v) is 1.68. The average Bonchev–Trinajstić information content (AvgIpc) is 2.80. The summed E-state index contributed by atoms with van der Waals surface area (Å²) in [7, 11) is 0. The average molecular weight is 282 g/mol. The van der Waals surface area contributed by atoms with E-state index in [4.69, 9.17) is 9.47 Å². The number of nitrogens with zero attached hydrogens (tertiary/aromatic N) is 3. The minimum Gasteiger partial charge on any atom is -0.376 e. The Hall–Kier alpha value is -1.47. The highest BCUT2D eigenvalue weighted by atomic mass is 16.6. The van der Waals surface area contributed by atoms with Crippen LogP contribution in [0.2, 0.25) is 0 Å². The first-order valence-electron chi connectivity index (χ1n) is 7.01. The Bertz CT molecular complexity index is 429. The summed E-state index contributed by atoms with van der Waals surface area (Å²) in [5, 5.41) is 11.0. The van der Waals surface area contributed by atoms with Crippen LogP contribution in [0.15, 0.2) is 6.20 Å². The van der Waals surface area contributed by atoms with Gasteiger partial charge in [-0.15, -0.1) is 5.10 Å². The lowest BCUT2D eigenvalue weighted by Gasteiger charge is -2.25. The molecule has 1 aromatic heterocycles. The van der Waals surface area contributed by atoms with Gasteiger partial charge in [0.05, 0.1) is 26.0 Å². The summed E-state index contributed by atoms with van der Waals surface area (Å²) in [6.07, 6.45) is 2.91. The van der Waals surface area contributed by atoms with Crippen LogP contribution in [0.1, 0.15) is 26.0 Å². The van der Waals surface area contributed by atoms with Crippen molar-refractivity contribution in [2.75, 3.05) is 19.8 Å². The number of rotatable bonds is 8. The lowest BCUT2D eigenvalue weighted by molar-refractivity contribution is -0.135. The molecule has 0 aliphatic carbocycles. The van der Waals surface area contributed by atoms with Crippen LogP contribution in [0.4, 0.5) is 0 Å². The number of ether oxygens (including phenoxy) is 2. The van der Waals surface area contributed by atoms with Crippen LogP contribution in [-0.2, 0) is 27.4 Å². The van der Waals surface area contributed by atoms with Crippen LogP contribution < -0.4 is 5.32 Å². The molecule has 7 nitrogen and oxygen atoms in total. The number of aryl methyl sites for hydroxylation is 1. The van der Waals surface area contributed by atoms with Crippen LogP contribution in [0.25, 0.3) is 0 Å². The zero-order valence-corrected chi connectivity index (χ0v) is 12.0. The van der Waals surface area contributed by atoms with Gasteiger partial charge in [-0.3, -0.25) is 9.48 Å². The fourth-order valence-electron chi connectivity index (χ4n) is 1.68. The Balaban J connectivity index is 1.61. The van der Waals surface area contributed by atoms with E-state index in [1.807, 2.05) is 20.0 Å². The van der Waals surface area contributed by atoms with Crippen LogP contribution in [0, 0.1) is 5.92 Å². The molecule has 1 saturated heterocycles. The number of hydrogen-bond donors (Lipinski definition) is 1. The van der Waals surface area contributed by atoms with Gasteiger partial charge in [0.2, 0.25) is 5.91 Å². The normalized spacial score (nSPS) is 15.3. The Morgan fingerprint density at radius 1 is 1.60 bits per heavy atom. The van der Waals surface area contributed by atoms with Crippen molar-refractivity contribution in [1.82, 2.24) is 20.3 Å². The molecular formula is C13H22N4O3. The fraction of sp³-hybridized carbons (Fsp3) is 0.769. The molecule has 112 valence electrons. The van der Waals surface area contributed by atoms with Gasteiger partial charge >= 0.3 is 0 Å². The molecule has 0 aromatic carbocycles. The lowest BCUT2D eigenvalue weighted by atomic mass is 10.2. The number of carbonyl (C=O) groups excluding carboxylic acids is 1. The topological polar surface area (TPSA) is 78.3 Å². The van der Waals surface area contributed by atoms with E-state index >= 15 is 0 Å². The first-order valence-corrected chi connectivity index (χ1v) is 7.01. The largest absolute Gasteiger partial charge is 0.376 e. The van der Waals surface area contributed by atoms with Crippen molar-refractivity contribution in [3.63, 3.8) is 0 Å². The van der Waals surface area contributed by atoms with E-state index in [2.05, 4.69) is 15.6 Å². The van der Waals surface area contributed by atoms with Crippen molar-refractivity contribution in [3.05, 3.63) is 11.9 Å². The van der Waals surface area contributed by atoms with Gasteiger partial charge in [-0.25, -0.2) is 0 Å². The second kappa shape index (κ2) is 7.35. The molecule has 1 aromatic rings. The highest BCUT2D eigenvalue weighted by Crippen LogP contribution is 2.08. The maximum absolute atomic E-state index is 11.4. The van der Waals surface area contributed by atoms with E-state index < -0.39 is 0 Å². The predicted octanol–water partition coefficient (Wildman–Crippen LogP) is 0.356. The van der Waals surface area contributed by atoms with Crippen LogP contribution in [0.5, 0.6) is 0 Å². The summed E-state index contributed by atoms with van der Waals surface area (Å²) >= 11 is 0. The maximum Gasteiger partial charge on any atom is 0.222 e. The van der Waals surface area contributed by atoms with Gasteiger partial charge in [0.15, 0.2) is 0 Å². The summed E-state index contributed by atoms with van der Waals surface area (Å²) in [6.45, 7) is 6.96. The number of hydrogen-bond acceptors (Lipinski definition) is 5. The highest BCUT2D eigenvalue weighted by molar-refractivity contribution is 5.77. The Morgan fingerprint density at radius 2 is 2.40 bits per heavy atom. The highest BCUT2D eigenvalue weighted by Gasteiger charge is 2.19. The molecule has 2 rings (SSSR count). The molecule has 0 saturated carbocycles. The molecule has 1 aliphatic rings. The van der Waals surface area contributed by atoms with Crippen LogP contribution >= 0.6 is 0 Å². The van der Waals surface area contributed by atoms with E-state index in [1.165, 1.54) is 0 Å². The second-order valence-corrected chi connectivity index (χ2v) is 5.24. The van der Waals surface area contributed by atoms with Gasteiger partial charge in [0.25, 0.3) is 0 Å². The summed E-state index contributed by atoms with van der Waals surface area (Å²) in [6, 6.07) is 0. The summed E-state index contributed by atoms with van der Waals surface area (Å²) in [5.41, 5.74) is 0.822. The van der Waals surface area contributed by atoms with Gasteiger partial charge in [0, 0.05) is 19.0 Å². The molecule has 1 amide bonds. The summed E-state index contributed by atoms with van der Waals surface area (Å²) < 4.78 is 12.4. The third-order valence-corrected chi connectivity index (χ3v) is 3.05. The molecule has 0 bridgehead atoms. The van der Waals surface area contributed by atoms with Gasteiger partial charge in [-0.1, -0.05) is 19.1 Å². The zero-order chi connectivity index (χ0) is 14.4. The first-order chi connectivity index (χ1) is 9.65. The van der Waals surface area contributed by atoms with E-state index in [9.17, 15) is 4.79 Å². The lowest BCUT2D eigenvalue weighted by Crippen LogP contribution is -2.35. The SMILES string of the molecule is CC(C)C(=O)NCCCn1cc(COC2COC2)nn1. The molecule has 0 unspecified atom stereocenters. The van der Waals surface area contributed by atoms with Crippen molar-refractivity contribution < 1.29 is 14.3 Å². The summed E-state index contributed by atoms with van der Waals surface area (Å²) in [4.78, 5) is 11.4. The standard InChI is InChI=1S/C13H22N4O3/c1-10(2)13(18)14-4-3-5-17-6-11(15-16-17)7-20-12-8-19-9-12/h6,10,12H,3-5,7-9H2,1-2H3,(H,14,18). The molecule has 0 radical (unpaired) electrons. The summed E-state index contributed by atoms with van der Waals surface area (Å²) in [5.74, 6) is 0.112. The van der Waals surface area contributed by atoms with Crippen molar-refractivity contribution in [3.8, 4) is 0 Å². The first kappa shape index (κ1) is 14.9. The molecule has 1 fully saturated rings. The van der Waals surface area contributed by atoms with Crippen molar-refractivity contribution in [2.24, 2.45) is 5.92 Å². The smallest absolute Gasteiger partial charge is 0.222 e. The molecule has 1 aliphatic heterocycles. The van der Waals surface area contributed by atoms with Crippen LogP contribution in [-0.4, -0.2) is 46.8 Å². The molecular weight excluding hydrogens is 260 g/mol. The van der Waals surface area contributed by atoms with Gasteiger partial charge in [0.1, 0.15) is 11.8 Å². The van der Waals surface area contributed by atoms with E-state index in [0.717, 1.165) is 18.7 Å². The number of aromatic nitrogens is 3. The van der Waals surface area contributed by atoms with Crippen LogP contribution in [0.3, 0.4) is 0 Å². The van der Waals surface area contributed by atoms with Gasteiger partial charge in [-0.2, -0.15) is 0 Å². The molecule has 1 N–H and O–H groups in total. The van der Waals surface area contributed by atoms with E-state index in [1.54, 1.807) is 4.68 Å². The van der Waals surface area contributed by atoms with Gasteiger partial charge < -0.3 is 14.8 Å². The monoisotopic (exact) mass is 282 g/mol. The quantitative estimate of drug-likeness (QED) is 0.696. The zero-order valence-electron chi connectivity index (χ0n) is 12.0. The van der Waals surface area contributed by atoms with E-state index in [-0.39, 0.29) is 17.9 Å². The molecule has 0 atom stereocenters. The Kier molecular flexibility index (Phi) is 5.49. The van der Waals surface area contributed by atoms with Crippen molar-refractivity contribution in [2.45, 2.75) is 39.5 Å². The number of amides is 1. The van der Waals surface area contributed by atoms with Crippen molar-refractivity contribution >= 4 is 5.91 Å². The third-order valence-electron chi connectivity index (χ3n) is 3.05. The Labute approximate surface area is 118 Å². The van der Waals surface area contributed by atoms with Crippen molar-refractivity contribution in [1.29, 1.82) is 0 Å². The maximum atomic E-state index is 11.4. The predicted molar refractivity (Wildman–Crippen MR) is 71.9 cm³/mol. The molecule has 7 heteroatoms. The molecule has 2 heterocycles. The third kappa shape index (κ3) is 4.57. The minimum atomic E-state index is 0.0283. The van der Waals surface area contributed by atoms with E-state index in [0.29, 0.717) is 26.4 Å². The number of carbonyl (C=O) groups is 1. The molecule has 20 heavy (non-hydrogen) atoms. The second-order valence-electron chi connectivity index (χ2n) is 5.24.